The lowest BCUT2D eigenvalue weighted by Gasteiger charge is -2.19. The predicted octanol–water partition coefficient (Wildman–Crippen LogP) is 3.72. The van der Waals surface area contributed by atoms with Gasteiger partial charge in [0.05, 0.1) is 0 Å². The molecule has 1 aliphatic rings. The first-order valence-corrected chi connectivity index (χ1v) is 10.3. The van der Waals surface area contributed by atoms with E-state index >= 15 is 0 Å². The molecule has 0 radical (unpaired) electrons. The first-order valence-electron chi connectivity index (χ1n) is 9.41. The quantitative estimate of drug-likeness (QED) is 0.643. The first kappa shape index (κ1) is 19.3. The van der Waals surface area contributed by atoms with E-state index in [0.717, 1.165) is 23.5 Å². The molecule has 1 fully saturated rings. The van der Waals surface area contributed by atoms with E-state index < -0.39 is 6.03 Å². The fourth-order valence-electron chi connectivity index (χ4n) is 3.16. The fourth-order valence-corrected chi connectivity index (χ4v) is 3.92. The van der Waals surface area contributed by atoms with E-state index in [0.29, 0.717) is 30.2 Å². The van der Waals surface area contributed by atoms with Gasteiger partial charge in [0, 0.05) is 35.4 Å². The van der Waals surface area contributed by atoms with Crippen molar-refractivity contribution >= 4 is 29.0 Å². The van der Waals surface area contributed by atoms with Gasteiger partial charge in [-0.25, -0.2) is 9.78 Å². The molecule has 3 aromatic heterocycles. The molecule has 2 amide bonds. The van der Waals surface area contributed by atoms with Crippen LogP contribution in [0.1, 0.15) is 12.8 Å². The number of thiazole rings is 1. The zero-order valence-corrected chi connectivity index (χ0v) is 16.9. The Balaban J connectivity index is 1.32. The highest BCUT2D eigenvalue weighted by atomic mass is 32.1. The smallest absolute Gasteiger partial charge is 0.326 e. The molecule has 0 spiro atoms. The van der Waals surface area contributed by atoms with Crippen molar-refractivity contribution in [2.75, 3.05) is 30.8 Å². The second-order valence-corrected chi connectivity index (χ2v) is 7.66. The molecule has 8 nitrogen and oxygen atoms in total. The van der Waals surface area contributed by atoms with Crippen molar-refractivity contribution in [2.45, 2.75) is 18.9 Å². The third-order valence-electron chi connectivity index (χ3n) is 4.73. The summed E-state index contributed by atoms with van der Waals surface area (Å²) < 4.78 is 5.81. The molecule has 4 heterocycles. The maximum absolute atomic E-state index is 12.3. The van der Waals surface area contributed by atoms with E-state index in [2.05, 4.69) is 37.5 Å². The molecular formula is C20H22N6O2S. The normalized spacial score (nSPS) is 16.5. The Morgan fingerprint density at radius 1 is 1.21 bits per heavy atom. The second kappa shape index (κ2) is 8.97. The minimum absolute atomic E-state index is 0.406. The van der Waals surface area contributed by atoms with Crippen LogP contribution in [0.2, 0.25) is 0 Å². The van der Waals surface area contributed by atoms with Crippen LogP contribution >= 0.6 is 11.3 Å². The van der Waals surface area contributed by atoms with Gasteiger partial charge in [-0.3, -0.25) is 15.6 Å². The van der Waals surface area contributed by atoms with Crippen molar-refractivity contribution < 1.29 is 9.53 Å². The average Bonchev–Trinajstić information content (AvgIpc) is 3.36. The lowest BCUT2D eigenvalue weighted by atomic mass is 10.2. The van der Waals surface area contributed by atoms with Gasteiger partial charge < -0.3 is 9.64 Å². The second-order valence-electron chi connectivity index (χ2n) is 6.80. The van der Waals surface area contributed by atoms with E-state index in [-0.39, 0.29) is 0 Å². The zero-order chi connectivity index (χ0) is 20.1. The van der Waals surface area contributed by atoms with Crippen LogP contribution in [0.25, 0.3) is 10.6 Å². The summed E-state index contributed by atoms with van der Waals surface area (Å²) in [4.78, 5) is 27.4. The van der Waals surface area contributed by atoms with E-state index in [1.807, 2.05) is 12.1 Å². The number of hydrogen-bond donors (Lipinski definition) is 2. The molecule has 1 aliphatic heterocycles. The van der Waals surface area contributed by atoms with Gasteiger partial charge in [-0.2, -0.15) is 4.98 Å². The number of urea groups is 1. The molecular weight excluding hydrogens is 388 g/mol. The summed E-state index contributed by atoms with van der Waals surface area (Å²) in [5, 5.41) is 8.05. The molecule has 0 saturated carbocycles. The molecule has 29 heavy (non-hydrogen) atoms. The number of nitrogens with one attached hydrogen (secondary N) is 2. The van der Waals surface area contributed by atoms with Crippen molar-refractivity contribution in [1.29, 1.82) is 0 Å². The number of carbonyl (C=O) groups is 1. The maximum atomic E-state index is 12.3. The van der Waals surface area contributed by atoms with Gasteiger partial charge in [0.25, 0.3) is 0 Å². The topological polar surface area (TPSA) is 92.3 Å². The number of carbonyl (C=O) groups excluding carboxylic acids is 1. The Morgan fingerprint density at radius 2 is 2.03 bits per heavy atom. The van der Waals surface area contributed by atoms with Gasteiger partial charge in [0.15, 0.2) is 0 Å². The number of rotatable bonds is 6. The van der Waals surface area contributed by atoms with E-state index in [4.69, 9.17) is 4.74 Å². The summed E-state index contributed by atoms with van der Waals surface area (Å²) >= 11 is 1.45. The molecule has 2 N–H and O–H groups in total. The monoisotopic (exact) mass is 410 g/mol. The molecule has 0 aliphatic carbocycles. The van der Waals surface area contributed by atoms with Crippen LogP contribution in [-0.4, -0.2) is 52.1 Å². The van der Waals surface area contributed by atoms with Crippen LogP contribution in [0.4, 0.5) is 16.4 Å². The van der Waals surface area contributed by atoms with Crippen molar-refractivity contribution in [3.05, 3.63) is 48.1 Å². The van der Waals surface area contributed by atoms with E-state index in [1.165, 1.54) is 17.8 Å². The van der Waals surface area contributed by atoms with Crippen molar-refractivity contribution in [2.24, 2.45) is 0 Å². The van der Waals surface area contributed by atoms with Gasteiger partial charge in [-0.05, 0) is 44.6 Å². The number of amides is 2. The van der Waals surface area contributed by atoms with Crippen LogP contribution < -0.4 is 15.4 Å². The molecule has 1 unspecified atom stereocenters. The van der Waals surface area contributed by atoms with Gasteiger partial charge in [-0.15, -0.1) is 11.3 Å². The molecule has 0 bridgehead atoms. The summed E-state index contributed by atoms with van der Waals surface area (Å²) in [5.74, 6) is 1.40. The summed E-state index contributed by atoms with van der Waals surface area (Å²) in [6, 6.07) is 9.08. The SMILES string of the molecule is CN1CCCC1COc1cccc(NC(=O)Nc2csc(-c3ccncc3)n2)n1. The Bertz CT molecular complexity index is 964. The Hall–Kier alpha value is -3.04. The highest BCUT2D eigenvalue weighted by Crippen LogP contribution is 2.25. The number of anilines is 2. The lowest BCUT2D eigenvalue weighted by molar-refractivity contribution is 0.193. The van der Waals surface area contributed by atoms with Crippen LogP contribution in [0.3, 0.4) is 0 Å². The number of likely N-dealkylation sites (N-methyl/N-ethyl adjacent to an activating group) is 1. The minimum atomic E-state index is -0.406. The number of pyridine rings is 2. The molecule has 150 valence electrons. The molecule has 3 aromatic rings. The third-order valence-corrected chi connectivity index (χ3v) is 5.62. The number of ether oxygens (including phenoxy) is 1. The van der Waals surface area contributed by atoms with Crippen LogP contribution in [-0.2, 0) is 0 Å². The van der Waals surface area contributed by atoms with Gasteiger partial charge >= 0.3 is 6.03 Å². The third kappa shape index (κ3) is 5.07. The lowest BCUT2D eigenvalue weighted by Crippen LogP contribution is -2.30. The molecule has 9 heteroatoms. The minimum Gasteiger partial charge on any atom is -0.476 e. The number of likely N-dealkylation sites (tertiary alicyclic amines) is 1. The summed E-state index contributed by atoms with van der Waals surface area (Å²) in [6.45, 7) is 1.69. The van der Waals surface area contributed by atoms with Crippen molar-refractivity contribution in [1.82, 2.24) is 19.9 Å². The van der Waals surface area contributed by atoms with Gasteiger partial charge in [-0.1, -0.05) is 6.07 Å². The predicted molar refractivity (Wildman–Crippen MR) is 113 cm³/mol. The summed E-state index contributed by atoms with van der Waals surface area (Å²) in [6.07, 6.45) is 5.75. The van der Waals surface area contributed by atoms with E-state index in [1.54, 1.807) is 36.0 Å². The maximum Gasteiger partial charge on any atom is 0.326 e. The highest BCUT2D eigenvalue weighted by molar-refractivity contribution is 7.13. The Morgan fingerprint density at radius 3 is 2.83 bits per heavy atom. The largest absolute Gasteiger partial charge is 0.476 e. The fraction of sp³-hybridized carbons (Fsp3) is 0.300. The first-order chi connectivity index (χ1) is 14.2. The number of aromatic nitrogens is 3. The molecule has 4 rings (SSSR count). The summed E-state index contributed by atoms with van der Waals surface area (Å²) in [5.41, 5.74) is 0.956. The Kier molecular flexibility index (Phi) is 5.97. The highest BCUT2D eigenvalue weighted by Gasteiger charge is 2.21. The van der Waals surface area contributed by atoms with Crippen LogP contribution in [0.15, 0.2) is 48.1 Å². The van der Waals surface area contributed by atoms with Crippen LogP contribution in [0, 0.1) is 0 Å². The molecule has 1 saturated heterocycles. The number of hydrogen-bond acceptors (Lipinski definition) is 7. The summed E-state index contributed by atoms with van der Waals surface area (Å²) in [7, 11) is 2.11. The van der Waals surface area contributed by atoms with Crippen molar-refractivity contribution in [3.63, 3.8) is 0 Å². The van der Waals surface area contributed by atoms with E-state index in [9.17, 15) is 4.79 Å². The average molecular weight is 411 g/mol. The van der Waals surface area contributed by atoms with Crippen LogP contribution in [0.5, 0.6) is 5.88 Å². The molecule has 1 atom stereocenters. The number of nitrogens with zero attached hydrogens (tertiary/aromatic N) is 4. The standard InChI is InChI=1S/C20H22N6O2S/c1-26-11-3-4-15(26)12-28-18-6-2-5-16(22-18)24-20(27)25-17-13-29-19(23-17)14-7-9-21-10-8-14/h2,5-10,13,15H,3-4,11-12H2,1H3,(H2,22,24,25,27). The zero-order valence-electron chi connectivity index (χ0n) is 16.0. The molecule has 0 aromatic carbocycles. The Labute approximate surface area is 173 Å². The van der Waals surface area contributed by atoms with Gasteiger partial charge in [0.2, 0.25) is 5.88 Å². The van der Waals surface area contributed by atoms with Crippen molar-refractivity contribution in [3.8, 4) is 16.5 Å². The van der Waals surface area contributed by atoms with Gasteiger partial charge in [0.1, 0.15) is 23.3 Å².